The Morgan fingerprint density at radius 3 is 2.88 bits per heavy atom. The van der Waals surface area contributed by atoms with E-state index in [4.69, 9.17) is 21.3 Å². The number of para-hydroxylation sites is 1. The molecule has 1 N–H and O–H groups in total. The van der Waals surface area contributed by atoms with Gasteiger partial charge in [-0.2, -0.15) is 5.26 Å². The van der Waals surface area contributed by atoms with Gasteiger partial charge in [0.1, 0.15) is 17.6 Å². The van der Waals surface area contributed by atoms with Crippen molar-refractivity contribution >= 4 is 17.4 Å². The van der Waals surface area contributed by atoms with Crippen molar-refractivity contribution in [2.24, 2.45) is 5.92 Å². The fraction of sp³-hybridized carbons (Fsp3) is 0.485. The summed E-state index contributed by atoms with van der Waals surface area (Å²) in [5, 5.41) is 14.0. The summed E-state index contributed by atoms with van der Waals surface area (Å²) in [5.74, 6) is 2.01. The molecule has 2 aromatic heterocycles. The largest absolute Gasteiger partial charge is 0.493 e. The van der Waals surface area contributed by atoms with E-state index in [1.54, 1.807) is 12.3 Å². The molecule has 7 nitrogen and oxygen atoms in total. The molecule has 8 heteroatoms. The Labute approximate surface area is 248 Å². The van der Waals surface area contributed by atoms with Crippen LogP contribution in [-0.2, 0) is 12.0 Å². The number of pyridine rings is 2. The van der Waals surface area contributed by atoms with Gasteiger partial charge in [-0.25, -0.2) is 4.98 Å². The average Bonchev–Trinajstić information content (AvgIpc) is 3.50. The summed E-state index contributed by atoms with van der Waals surface area (Å²) >= 11 is 6.18. The molecule has 1 spiro atoms. The smallest absolute Gasteiger partial charge is 0.146 e. The predicted molar refractivity (Wildman–Crippen MR) is 163 cm³/mol. The van der Waals surface area contributed by atoms with E-state index in [-0.39, 0.29) is 5.41 Å². The molecule has 3 aliphatic heterocycles. The minimum atomic E-state index is -0.0123. The summed E-state index contributed by atoms with van der Waals surface area (Å²) in [7, 11) is 0. The number of halogens is 1. The van der Waals surface area contributed by atoms with Crippen molar-refractivity contribution in [1.29, 1.82) is 5.26 Å². The van der Waals surface area contributed by atoms with Crippen LogP contribution in [0.4, 0.5) is 5.82 Å². The van der Waals surface area contributed by atoms with Crippen LogP contribution in [0.5, 0.6) is 5.75 Å². The van der Waals surface area contributed by atoms with Crippen LogP contribution >= 0.6 is 11.6 Å². The van der Waals surface area contributed by atoms with E-state index >= 15 is 0 Å². The molecule has 0 bridgehead atoms. The maximum absolute atomic E-state index is 9.81. The number of rotatable bonds is 7. The van der Waals surface area contributed by atoms with E-state index in [9.17, 15) is 5.26 Å². The number of ether oxygens (including phenoxy) is 1. The second-order valence-electron chi connectivity index (χ2n) is 11.7. The molecule has 0 saturated carbocycles. The number of aromatic nitrogens is 2. The predicted octanol–water partition coefficient (Wildman–Crippen LogP) is 5.81. The van der Waals surface area contributed by atoms with Gasteiger partial charge in [0.05, 0.1) is 28.6 Å². The molecule has 3 aromatic rings. The van der Waals surface area contributed by atoms with Crippen molar-refractivity contribution in [2.75, 3.05) is 44.2 Å². The van der Waals surface area contributed by atoms with Crippen LogP contribution in [0.15, 0.2) is 48.7 Å². The lowest BCUT2D eigenvalue weighted by Crippen LogP contribution is -2.58. The van der Waals surface area contributed by atoms with Crippen LogP contribution in [0.25, 0.3) is 11.3 Å². The van der Waals surface area contributed by atoms with Gasteiger partial charge < -0.3 is 15.0 Å². The summed E-state index contributed by atoms with van der Waals surface area (Å²) in [5.41, 5.74) is 5.12. The topological polar surface area (TPSA) is 77.3 Å². The summed E-state index contributed by atoms with van der Waals surface area (Å²) in [4.78, 5) is 14.9. The van der Waals surface area contributed by atoms with Gasteiger partial charge in [-0.1, -0.05) is 43.1 Å². The minimum absolute atomic E-state index is 0.0123. The molecule has 6 rings (SSSR count). The van der Waals surface area contributed by atoms with E-state index in [1.807, 2.05) is 19.1 Å². The first kappa shape index (κ1) is 28.0. The van der Waals surface area contributed by atoms with Crippen LogP contribution in [-0.4, -0.2) is 60.2 Å². The highest BCUT2D eigenvalue weighted by Gasteiger charge is 2.49. The number of hydrogen-bond acceptors (Lipinski definition) is 7. The Morgan fingerprint density at radius 1 is 1.22 bits per heavy atom. The van der Waals surface area contributed by atoms with Gasteiger partial charge >= 0.3 is 0 Å². The van der Waals surface area contributed by atoms with Crippen molar-refractivity contribution in [3.8, 4) is 23.1 Å². The second kappa shape index (κ2) is 12.0. The van der Waals surface area contributed by atoms with Crippen LogP contribution in [0.1, 0.15) is 56.4 Å². The highest BCUT2D eigenvalue weighted by Crippen LogP contribution is 2.47. The van der Waals surface area contributed by atoms with Crippen LogP contribution in [0, 0.1) is 17.2 Å². The minimum Gasteiger partial charge on any atom is -0.493 e. The molecule has 3 aliphatic rings. The maximum atomic E-state index is 9.81. The highest BCUT2D eigenvalue weighted by atomic mass is 35.5. The monoisotopic (exact) mass is 570 g/mol. The molecule has 0 amide bonds. The third-order valence-electron chi connectivity index (χ3n) is 9.29. The molecule has 0 radical (unpaired) electrons. The molecule has 0 unspecified atom stereocenters. The molecule has 214 valence electrons. The molecule has 5 heterocycles. The molecule has 2 fully saturated rings. The summed E-state index contributed by atoms with van der Waals surface area (Å²) in [6.45, 7) is 10.7. The van der Waals surface area contributed by atoms with Crippen molar-refractivity contribution in [3.63, 3.8) is 0 Å². The number of nitrogens with zero attached hydrogens (tertiary/aromatic N) is 5. The standard InChI is InChI=1S/C33H39ClN6O/c1-3-24-19-40(32-23(17-35)16-25(34)18-37-32)15-13-33(24)22-39(20-26-8-7-14-36-26)21-30-28(33)11-12-29(38-30)27-9-5-6-10-31(27)41-4-2/h5-6,9-12,16,18,24,26,36H,3-4,7-8,13-15,19-22H2,1-2H3/t24-,26+,33+/m1/s1. The first-order valence-electron chi connectivity index (χ1n) is 15.0. The van der Waals surface area contributed by atoms with E-state index in [1.165, 1.54) is 24.1 Å². The molecular formula is C33H39ClN6O. The lowest BCUT2D eigenvalue weighted by atomic mass is 9.62. The van der Waals surface area contributed by atoms with Crippen LogP contribution in [0.3, 0.4) is 0 Å². The fourth-order valence-corrected chi connectivity index (χ4v) is 7.56. The maximum Gasteiger partial charge on any atom is 0.146 e. The Balaban J connectivity index is 1.38. The van der Waals surface area contributed by atoms with Crippen molar-refractivity contribution in [2.45, 2.75) is 57.5 Å². The van der Waals surface area contributed by atoms with E-state index < -0.39 is 0 Å². The SMILES string of the molecule is CCOc1ccccc1-c1ccc2c(n1)CN(C[C@@H]1CCCN1)C[C@]21CCN(c2ncc(Cl)cc2C#N)C[C@H]1CC. The fourth-order valence-electron chi connectivity index (χ4n) is 7.40. The van der Waals surface area contributed by atoms with E-state index in [2.05, 4.69) is 57.4 Å². The molecule has 41 heavy (non-hydrogen) atoms. The Kier molecular flexibility index (Phi) is 8.16. The summed E-state index contributed by atoms with van der Waals surface area (Å²) in [6.07, 6.45) is 6.16. The molecule has 2 saturated heterocycles. The Morgan fingerprint density at radius 2 is 2.10 bits per heavy atom. The van der Waals surface area contributed by atoms with E-state index in [0.717, 1.165) is 74.9 Å². The zero-order valence-corrected chi connectivity index (χ0v) is 24.8. The number of anilines is 1. The third kappa shape index (κ3) is 5.41. The lowest BCUT2D eigenvalue weighted by molar-refractivity contribution is 0.0966. The lowest BCUT2D eigenvalue weighted by Gasteiger charge is -2.53. The number of nitriles is 1. The number of piperidine rings is 1. The quantitative estimate of drug-likeness (QED) is 0.384. The Hall–Kier alpha value is -3.18. The van der Waals surface area contributed by atoms with Gasteiger partial charge in [0, 0.05) is 55.9 Å². The van der Waals surface area contributed by atoms with Gasteiger partial charge in [-0.15, -0.1) is 0 Å². The van der Waals surface area contributed by atoms with Crippen LogP contribution < -0.4 is 15.0 Å². The van der Waals surface area contributed by atoms with Crippen molar-refractivity contribution in [3.05, 3.63) is 70.5 Å². The molecule has 0 aliphatic carbocycles. The molecular weight excluding hydrogens is 532 g/mol. The second-order valence-corrected chi connectivity index (χ2v) is 12.1. The number of benzene rings is 1. The third-order valence-corrected chi connectivity index (χ3v) is 9.50. The van der Waals surface area contributed by atoms with Gasteiger partial charge in [-0.05, 0) is 68.5 Å². The van der Waals surface area contributed by atoms with Crippen molar-refractivity contribution in [1.82, 2.24) is 20.2 Å². The summed E-state index contributed by atoms with van der Waals surface area (Å²) in [6, 6.07) is 17.3. The number of nitrogens with one attached hydrogen (secondary N) is 1. The van der Waals surface area contributed by atoms with Gasteiger partial charge in [-0.3, -0.25) is 9.88 Å². The first-order valence-corrected chi connectivity index (χ1v) is 15.4. The highest BCUT2D eigenvalue weighted by molar-refractivity contribution is 6.30. The van der Waals surface area contributed by atoms with Crippen LogP contribution in [0.2, 0.25) is 5.02 Å². The van der Waals surface area contributed by atoms with Gasteiger partial charge in [0.15, 0.2) is 0 Å². The molecule has 3 atom stereocenters. The normalized spacial score (nSPS) is 24.3. The number of hydrogen-bond donors (Lipinski definition) is 1. The zero-order valence-electron chi connectivity index (χ0n) is 24.1. The van der Waals surface area contributed by atoms with E-state index in [0.29, 0.717) is 29.2 Å². The average molecular weight is 571 g/mol. The first-order chi connectivity index (χ1) is 20.0. The van der Waals surface area contributed by atoms with Gasteiger partial charge in [0.2, 0.25) is 0 Å². The summed E-state index contributed by atoms with van der Waals surface area (Å²) < 4.78 is 5.97. The Bertz CT molecular complexity index is 1430. The van der Waals surface area contributed by atoms with Crippen molar-refractivity contribution < 1.29 is 4.74 Å². The number of fused-ring (bicyclic) bond motifs is 2. The van der Waals surface area contributed by atoms with Gasteiger partial charge in [0.25, 0.3) is 0 Å². The zero-order chi connectivity index (χ0) is 28.4. The molecule has 1 aromatic carbocycles.